The van der Waals surface area contributed by atoms with Crippen LogP contribution in [0.25, 0.3) is 0 Å². The molecule has 2 heteroatoms. The molecule has 0 fully saturated rings. The van der Waals surface area contributed by atoms with Gasteiger partial charge in [-0.3, -0.25) is 0 Å². The quantitative estimate of drug-likeness (QED) is 0.673. The lowest BCUT2D eigenvalue weighted by molar-refractivity contribution is -0.0345. The molecule has 0 saturated carbocycles. The molecule has 0 aromatic carbocycles. The fourth-order valence-corrected chi connectivity index (χ4v) is 1.89. The lowest BCUT2D eigenvalue weighted by Crippen LogP contribution is -2.48. The summed E-state index contributed by atoms with van der Waals surface area (Å²) in [6.07, 6.45) is 7.44. The van der Waals surface area contributed by atoms with Crippen molar-refractivity contribution in [3.63, 3.8) is 0 Å². The highest BCUT2D eigenvalue weighted by Crippen LogP contribution is 2.26. The Morgan fingerprint density at radius 2 is 1.94 bits per heavy atom. The van der Waals surface area contributed by atoms with Crippen molar-refractivity contribution in [2.24, 2.45) is 5.41 Å². The van der Waals surface area contributed by atoms with Gasteiger partial charge in [0.05, 0.1) is 6.10 Å². The average molecular weight is 225 g/mol. The molecule has 1 N–H and O–H groups in total. The zero-order chi connectivity index (χ0) is 12.6. The Balaban J connectivity index is 4.59. The van der Waals surface area contributed by atoms with Crippen molar-refractivity contribution >= 4 is 0 Å². The third-order valence-corrected chi connectivity index (χ3v) is 2.56. The van der Waals surface area contributed by atoms with Gasteiger partial charge in [0.2, 0.25) is 0 Å². The van der Waals surface area contributed by atoms with Crippen molar-refractivity contribution in [3.05, 3.63) is 0 Å². The molecule has 0 heterocycles. The van der Waals surface area contributed by atoms with Gasteiger partial charge in [-0.2, -0.15) is 0 Å². The minimum atomic E-state index is 0.109. The van der Waals surface area contributed by atoms with E-state index in [1.165, 1.54) is 0 Å². The van der Waals surface area contributed by atoms with Gasteiger partial charge < -0.3 is 10.1 Å². The molecule has 0 rings (SSSR count). The smallest absolute Gasteiger partial charge is 0.0785 e. The van der Waals surface area contributed by atoms with E-state index in [2.05, 4.69) is 38.9 Å². The molecule has 0 spiro atoms. The number of nitrogens with one attached hydrogen (secondary N) is 1. The van der Waals surface area contributed by atoms with Crippen LogP contribution < -0.4 is 5.32 Å². The highest BCUT2D eigenvalue weighted by molar-refractivity contribution is 4.96. The van der Waals surface area contributed by atoms with E-state index >= 15 is 0 Å². The zero-order valence-corrected chi connectivity index (χ0v) is 11.5. The molecule has 0 amide bonds. The summed E-state index contributed by atoms with van der Waals surface area (Å²) in [5.41, 5.74) is 0.109. The van der Waals surface area contributed by atoms with E-state index in [0.29, 0.717) is 0 Å². The van der Waals surface area contributed by atoms with E-state index in [1.807, 2.05) is 6.92 Å². The van der Waals surface area contributed by atoms with Crippen LogP contribution in [0, 0.1) is 17.8 Å². The lowest BCUT2D eigenvalue weighted by atomic mass is 9.83. The van der Waals surface area contributed by atoms with E-state index in [4.69, 9.17) is 11.2 Å². The second-order valence-corrected chi connectivity index (χ2v) is 5.21. The van der Waals surface area contributed by atoms with Gasteiger partial charge in [-0.25, -0.2) is 0 Å². The maximum Gasteiger partial charge on any atom is 0.0785 e. The summed E-state index contributed by atoms with van der Waals surface area (Å²) in [6.45, 7) is 12.5. The predicted octanol–water partition coefficient (Wildman–Crippen LogP) is 2.83. The fourth-order valence-electron chi connectivity index (χ4n) is 1.89. The van der Waals surface area contributed by atoms with Gasteiger partial charge in [0.1, 0.15) is 0 Å². The van der Waals surface area contributed by atoms with Gasteiger partial charge in [-0.05, 0) is 25.3 Å². The Labute approximate surface area is 101 Å². The number of hydrogen-bond acceptors (Lipinski definition) is 2. The number of hydrogen-bond donors (Lipinski definition) is 1. The van der Waals surface area contributed by atoms with Crippen molar-refractivity contribution < 1.29 is 4.74 Å². The number of ether oxygens (including phenoxy) is 1. The number of terminal acetylenes is 1. The molecule has 0 aromatic rings. The maximum absolute atomic E-state index is 5.86. The van der Waals surface area contributed by atoms with Crippen LogP contribution >= 0.6 is 0 Å². The topological polar surface area (TPSA) is 21.3 Å². The summed E-state index contributed by atoms with van der Waals surface area (Å²) < 4.78 is 5.86. The lowest BCUT2D eigenvalue weighted by Gasteiger charge is -2.36. The summed E-state index contributed by atoms with van der Waals surface area (Å²) in [5, 5.41) is 3.49. The Morgan fingerprint density at radius 3 is 2.31 bits per heavy atom. The van der Waals surface area contributed by atoms with E-state index in [1.54, 1.807) is 0 Å². The monoisotopic (exact) mass is 225 g/mol. The highest BCUT2D eigenvalue weighted by atomic mass is 16.5. The van der Waals surface area contributed by atoms with Crippen molar-refractivity contribution in [3.8, 4) is 12.3 Å². The summed E-state index contributed by atoms with van der Waals surface area (Å²) in [6, 6.07) is 0.255. The van der Waals surface area contributed by atoms with Gasteiger partial charge in [0.15, 0.2) is 0 Å². The van der Waals surface area contributed by atoms with E-state index in [9.17, 15) is 0 Å². The van der Waals surface area contributed by atoms with Gasteiger partial charge in [-0.15, -0.1) is 12.3 Å². The zero-order valence-electron chi connectivity index (χ0n) is 11.5. The normalized spacial score (nSPS) is 15.5. The predicted molar refractivity (Wildman–Crippen MR) is 70.4 cm³/mol. The van der Waals surface area contributed by atoms with Crippen LogP contribution in [0.1, 0.15) is 47.5 Å². The first-order valence-electron chi connectivity index (χ1n) is 6.25. The van der Waals surface area contributed by atoms with Crippen LogP contribution in [0.3, 0.4) is 0 Å². The first-order valence-corrected chi connectivity index (χ1v) is 6.25. The van der Waals surface area contributed by atoms with Gasteiger partial charge in [0, 0.05) is 19.1 Å². The molecule has 2 nitrogen and oxygen atoms in total. The first kappa shape index (κ1) is 15.5. The first-order chi connectivity index (χ1) is 7.47. The molecule has 2 unspecified atom stereocenters. The van der Waals surface area contributed by atoms with Crippen molar-refractivity contribution in [2.45, 2.75) is 59.6 Å². The average Bonchev–Trinajstić information content (AvgIpc) is 2.19. The maximum atomic E-state index is 5.86. The second kappa shape index (κ2) is 7.70. The Kier molecular flexibility index (Phi) is 7.45. The Bertz CT molecular complexity index is 212. The minimum absolute atomic E-state index is 0.109. The standard InChI is InChI=1S/C14H27NO/c1-7-10-12(15-11-8-2)13(16-9-3)14(4,5)6/h1,12-13,15H,8-11H2,2-6H3. The van der Waals surface area contributed by atoms with Crippen molar-refractivity contribution in [1.29, 1.82) is 0 Å². The molecule has 0 saturated heterocycles. The summed E-state index contributed by atoms with van der Waals surface area (Å²) >= 11 is 0. The molecule has 0 bridgehead atoms. The van der Waals surface area contributed by atoms with Crippen LogP contribution in [-0.4, -0.2) is 25.3 Å². The third-order valence-electron chi connectivity index (χ3n) is 2.56. The van der Waals surface area contributed by atoms with Crippen LogP contribution in [0.5, 0.6) is 0 Å². The summed E-state index contributed by atoms with van der Waals surface area (Å²) in [7, 11) is 0. The van der Waals surface area contributed by atoms with Crippen LogP contribution in [-0.2, 0) is 4.74 Å². The largest absolute Gasteiger partial charge is 0.376 e. The molecule has 0 aromatic heterocycles. The highest BCUT2D eigenvalue weighted by Gasteiger charge is 2.31. The molecular weight excluding hydrogens is 198 g/mol. The van der Waals surface area contributed by atoms with Gasteiger partial charge in [0.25, 0.3) is 0 Å². The minimum Gasteiger partial charge on any atom is -0.376 e. The summed E-state index contributed by atoms with van der Waals surface area (Å²) in [4.78, 5) is 0. The fraction of sp³-hybridized carbons (Fsp3) is 0.857. The van der Waals surface area contributed by atoms with Crippen molar-refractivity contribution in [2.75, 3.05) is 13.2 Å². The third kappa shape index (κ3) is 5.53. The van der Waals surface area contributed by atoms with Gasteiger partial charge >= 0.3 is 0 Å². The molecule has 0 aliphatic rings. The summed E-state index contributed by atoms with van der Waals surface area (Å²) in [5.74, 6) is 2.75. The van der Waals surface area contributed by atoms with Crippen LogP contribution in [0.4, 0.5) is 0 Å². The molecule has 0 aliphatic carbocycles. The number of rotatable bonds is 7. The Hall–Kier alpha value is -0.520. The molecule has 2 atom stereocenters. The molecular formula is C14H27NO. The second-order valence-electron chi connectivity index (χ2n) is 5.21. The molecule has 0 radical (unpaired) electrons. The molecule has 16 heavy (non-hydrogen) atoms. The Morgan fingerprint density at radius 1 is 1.31 bits per heavy atom. The van der Waals surface area contributed by atoms with Gasteiger partial charge in [-0.1, -0.05) is 27.7 Å². The molecule has 0 aliphatic heterocycles. The molecule has 94 valence electrons. The van der Waals surface area contributed by atoms with Crippen LogP contribution in [0.15, 0.2) is 0 Å². The SMILES string of the molecule is C#CCC(NCCC)C(OCC)C(C)(C)C. The van der Waals surface area contributed by atoms with Crippen molar-refractivity contribution in [1.82, 2.24) is 5.32 Å². The van der Waals surface area contributed by atoms with E-state index in [0.717, 1.165) is 26.0 Å². The van der Waals surface area contributed by atoms with E-state index in [-0.39, 0.29) is 17.6 Å². The van der Waals surface area contributed by atoms with E-state index < -0.39 is 0 Å². The van der Waals surface area contributed by atoms with Crippen LogP contribution in [0.2, 0.25) is 0 Å².